The lowest BCUT2D eigenvalue weighted by atomic mass is 9.43. The zero-order valence-corrected chi connectivity index (χ0v) is 19.8. The zero-order chi connectivity index (χ0) is 21.0. The molecule has 0 aliphatic heterocycles. The van der Waals surface area contributed by atoms with E-state index in [9.17, 15) is 0 Å². The van der Waals surface area contributed by atoms with Gasteiger partial charge in [0.2, 0.25) is 0 Å². The summed E-state index contributed by atoms with van der Waals surface area (Å²) in [5.41, 5.74) is 2.89. The van der Waals surface area contributed by atoms with Gasteiger partial charge >= 0.3 is 0 Å². The first-order valence-electron chi connectivity index (χ1n) is 12.8. The topological polar surface area (TPSA) is 12.0 Å². The summed E-state index contributed by atoms with van der Waals surface area (Å²) in [5.74, 6) is 3.73. The first-order chi connectivity index (χ1) is 14.3. The van der Waals surface area contributed by atoms with Crippen molar-refractivity contribution in [1.82, 2.24) is 5.32 Å². The molecule has 0 heterocycles. The molecular formula is C29H43N. The fourth-order valence-electron chi connectivity index (χ4n) is 9.08. The van der Waals surface area contributed by atoms with E-state index in [0.29, 0.717) is 16.2 Å². The van der Waals surface area contributed by atoms with Gasteiger partial charge in [-0.05, 0) is 103 Å². The van der Waals surface area contributed by atoms with Crippen molar-refractivity contribution < 1.29 is 0 Å². The third-order valence-electron chi connectivity index (χ3n) is 10.5. The van der Waals surface area contributed by atoms with Crippen molar-refractivity contribution in [2.45, 2.75) is 85.1 Å². The molecule has 1 heteroatoms. The summed E-state index contributed by atoms with van der Waals surface area (Å²) in [5, 5.41) is 4.03. The number of rotatable bonds is 4. The van der Waals surface area contributed by atoms with Crippen molar-refractivity contribution in [3.8, 4) is 0 Å². The fourth-order valence-corrected chi connectivity index (χ4v) is 9.08. The standard InChI is InChI=1S/C29H43N/c1-27(2)17-8-18-28(3)24-15-19-29(4)23(22(24)11-13-25(27)28)12-14-26(29)30-20-16-21-9-6-5-7-10-21/h5-10,17,22-26,30H,11-16,18-20H2,1-4H3. The summed E-state index contributed by atoms with van der Waals surface area (Å²) < 4.78 is 0. The van der Waals surface area contributed by atoms with Crippen LogP contribution in [0.1, 0.15) is 78.2 Å². The highest BCUT2D eigenvalue weighted by molar-refractivity contribution is 5.18. The maximum absolute atomic E-state index is 4.03. The molecule has 7 unspecified atom stereocenters. The maximum atomic E-state index is 4.03. The van der Waals surface area contributed by atoms with Crippen LogP contribution >= 0.6 is 0 Å². The molecule has 0 radical (unpaired) electrons. The van der Waals surface area contributed by atoms with Crippen LogP contribution in [0.3, 0.4) is 0 Å². The number of hydrogen-bond acceptors (Lipinski definition) is 1. The van der Waals surface area contributed by atoms with Gasteiger partial charge < -0.3 is 5.32 Å². The molecule has 0 bridgehead atoms. The van der Waals surface area contributed by atoms with Crippen LogP contribution in [0.15, 0.2) is 42.5 Å². The molecule has 0 aromatic heterocycles. The van der Waals surface area contributed by atoms with Crippen molar-refractivity contribution in [2.75, 3.05) is 6.54 Å². The maximum Gasteiger partial charge on any atom is 0.0124 e. The van der Waals surface area contributed by atoms with Gasteiger partial charge in [-0.3, -0.25) is 0 Å². The number of hydrogen-bond donors (Lipinski definition) is 1. The minimum absolute atomic E-state index is 0.385. The van der Waals surface area contributed by atoms with E-state index in [0.717, 1.165) is 42.7 Å². The Morgan fingerprint density at radius 3 is 2.43 bits per heavy atom. The van der Waals surface area contributed by atoms with Gasteiger partial charge in [-0.2, -0.15) is 0 Å². The normalized spacial score (nSPS) is 44.2. The second-order valence-corrected chi connectivity index (χ2v) is 12.3. The Morgan fingerprint density at radius 2 is 1.63 bits per heavy atom. The highest BCUT2D eigenvalue weighted by Crippen LogP contribution is 2.67. The zero-order valence-electron chi connectivity index (χ0n) is 19.8. The lowest BCUT2D eigenvalue weighted by Gasteiger charge is -2.62. The van der Waals surface area contributed by atoms with Gasteiger partial charge in [0.25, 0.3) is 0 Å². The van der Waals surface area contributed by atoms with E-state index in [4.69, 9.17) is 0 Å². The largest absolute Gasteiger partial charge is 0.313 e. The number of fused-ring (bicyclic) bond motifs is 5. The van der Waals surface area contributed by atoms with Crippen LogP contribution in [0, 0.1) is 39.9 Å². The second-order valence-electron chi connectivity index (χ2n) is 12.3. The van der Waals surface area contributed by atoms with Crippen LogP contribution in [-0.4, -0.2) is 12.6 Å². The van der Waals surface area contributed by atoms with E-state index in [1.165, 1.54) is 50.5 Å². The molecule has 0 amide bonds. The molecule has 4 aliphatic rings. The fraction of sp³-hybridized carbons (Fsp3) is 0.724. The van der Waals surface area contributed by atoms with Gasteiger partial charge in [0.1, 0.15) is 0 Å². The summed E-state index contributed by atoms with van der Waals surface area (Å²) >= 11 is 0. The minimum atomic E-state index is 0.385. The molecule has 5 rings (SSSR count). The number of benzene rings is 1. The molecule has 1 N–H and O–H groups in total. The lowest BCUT2D eigenvalue weighted by Crippen LogP contribution is -2.56. The van der Waals surface area contributed by atoms with Crippen LogP contribution in [0.4, 0.5) is 0 Å². The molecular weight excluding hydrogens is 362 g/mol. The Hall–Kier alpha value is -1.08. The molecule has 3 saturated carbocycles. The average molecular weight is 406 g/mol. The monoisotopic (exact) mass is 405 g/mol. The summed E-state index contributed by atoms with van der Waals surface area (Å²) in [6, 6.07) is 11.7. The van der Waals surface area contributed by atoms with Gasteiger partial charge in [-0.25, -0.2) is 0 Å². The first-order valence-corrected chi connectivity index (χ1v) is 12.8. The lowest BCUT2D eigenvalue weighted by molar-refractivity contribution is -0.116. The summed E-state index contributed by atoms with van der Waals surface area (Å²) in [4.78, 5) is 0. The second kappa shape index (κ2) is 7.51. The van der Waals surface area contributed by atoms with Crippen molar-refractivity contribution >= 4 is 0 Å². The highest BCUT2D eigenvalue weighted by Gasteiger charge is 2.61. The SMILES string of the molecule is CC1(C)C=CCC2(C)C3CCC4(C)C(NCCc5ccccc5)CCC4C3CCC12. The summed E-state index contributed by atoms with van der Waals surface area (Å²) in [7, 11) is 0. The van der Waals surface area contributed by atoms with Crippen molar-refractivity contribution in [2.24, 2.45) is 39.9 Å². The smallest absolute Gasteiger partial charge is 0.0124 e. The van der Waals surface area contributed by atoms with Crippen LogP contribution < -0.4 is 5.32 Å². The Balaban J connectivity index is 1.29. The first kappa shape index (κ1) is 20.8. The van der Waals surface area contributed by atoms with Crippen LogP contribution in [0.5, 0.6) is 0 Å². The average Bonchev–Trinajstić information content (AvgIpc) is 3.05. The van der Waals surface area contributed by atoms with E-state index in [1.54, 1.807) is 0 Å². The summed E-state index contributed by atoms with van der Waals surface area (Å²) in [6.07, 6.45) is 16.2. The summed E-state index contributed by atoms with van der Waals surface area (Å²) in [6.45, 7) is 11.5. The van der Waals surface area contributed by atoms with Gasteiger partial charge in [-0.1, -0.05) is 70.2 Å². The number of allylic oxidation sites excluding steroid dienone is 2. The number of nitrogens with one attached hydrogen (secondary N) is 1. The quantitative estimate of drug-likeness (QED) is 0.530. The molecule has 4 aliphatic carbocycles. The molecule has 1 nitrogen and oxygen atoms in total. The molecule has 0 spiro atoms. The third-order valence-corrected chi connectivity index (χ3v) is 10.5. The predicted molar refractivity (Wildman–Crippen MR) is 127 cm³/mol. The van der Waals surface area contributed by atoms with Crippen molar-refractivity contribution in [3.05, 3.63) is 48.0 Å². The van der Waals surface area contributed by atoms with Gasteiger partial charge in [0.15, 0.2) is 0 Å². The molecule has 3 fully saturated rings. The van der Waals surface area contributed by atoms with E-state index in [1.807, 2.05) is 0 Å². The predicted octanol–water partition coefficient (Wildman–Crippen LogP) is 7.03. The van der Waals surface area contributed by atoms with Gasteiger partial charge in [0.05, 0.1) is 0 Å². The Morgan fingerprint density at radius 1 is 0.867 bits per heavy atom. The van der Waals surface area contributed by atoms with Crippen molar-refractivity contribution in [3.63, 3.8) is 0 Å². The Bertz CT molecular complexity index is 779. The minimum Gasteiger partial charge on any atom is -0.313 e. The van der Waals surface area contributed by atoms with Gasteiger partial charge in [-0.15, -0.1) is 0 Å². The van der Waals surface area contributed by atoms with Crippen LogP contribution in [0.2, 0.25) is 0 Å². The van der Waals surface area contributed by atoms with E-state index in [2.05, 4.69) is 75.5 Å². The third kappa shape index (κ3) is 3.22. The van der Waals surface area contributed by atoms with Crippen LogP contribution in [-0.2, 0) is 6.42 Å². The van der Waals surface area contributed by atoms with E-state index < -0.39 is 0 Å². The molecule has 164 valence electrons. The Labute approximate surface area is 185 Å². The van der Waals surface area contributed by atoms with E-state index in [-0.39, 0.29) is 0 Å². The molecule has 30 heavy (non-hydrogen) atoms. The highest BCUT2D eigenvalue weighted by atomic mass is 14.9. The molecule has 1 aromatic rings. The molecule has 7 atom stereocenters. The van der Waals surface area contributed by atoms with E-state index >= 15 is 0 Å². The van der Waals surface area contributed by atoms with Crippen molar-refractivity contribution in [1.29, 1.82) is 0 Å². The van der Waals surface area contributed by atoms with Crippen LogP contribution in [0.25, 0.3) is 0 Å². The Kier molecular flexibility index (Phi) is 5.20. The molecule has 0 saturated heterocycles. The van der Waals surface area contributed by atoms with Gasteiger partial charge in [0, 0.05) is 6.04 Å². The molecule has 1 aromatic carbocycles.